The Morgan fingerprint density at radius 1 is 1.47 bits per heavy atom. The molecule has 0 aromatic heterocycles. The van der Waals surface area contributed by atoms with Crippen molar-refractivity contribution in [1.29, 1.82) is 0 Å². The third kappa shape index (κ3) is 4.36. The van der Waals surface area contributed by atoms with Gasteiger partial charge in [0.2, 0.25) is 0 Å². The van der Waals surface area contributed by atoms with E-state index in [2.05, 4.69) is 0 Å². The highest BCUT2D eigenvalue weighted by Gasteiger charge is 2.35. The van der Waals surface area contributed by atoms with Crippen LogP contribution < -0.4 is 0 Å². The Balaban J connectivity index is 2.79. The molecule has 19 heavy (non-hydrogen) atoms. The van der Waals surface area contributed by atoms with E-state index >= 15 is 0 Å². The molecule has 1 unspecified atom stereocenters. The van der Waals surface area contributed by atoms with E-state index in [4.69, 9.17) is 9.84 Å². The van der Waals surface area contributed by atoms with Gasteiger partial charge in [-0.3, -0.25) is 0 Å². The van der Waals surface area contributed by atoms with Crippen molar-refractivity contribution in [2.45, 2.75) is 32.4 Å². The second-order valence-electron chi connectivity index (χ2n) is 5.23. The van der Waals surface area contributed by atoms with E-state index in [-0.39, 0.29) is 25.7 Å². The summed E-state index contributed by atoms with van der Waals surface area (Å²) in [6.07, 6.45) is 0. The number of hydrogen-bond acceptors (Lipinski definition) is 4. The average molecular weight is 274 g/mol. The predicted molar refractivity (Wildman–Crippen MR) is 67.9 cm³/mol. The summed E-state index contributed by atoms with van der Waals surface area (Å²) in [4.78, 5) is 26.2. The molecule has 110 valence electrons. The quantitative estimate of drug-likeness (QED) is 0.752. The number of aliphatic hydroxyl groups is 1. The predicted octanol–water partition coefficient (Wildman–Crippen LogP) is -0.0154. The molecule has 0 radical (unpaired) electrons. The van der Waals surface area contributed by atoms with Crippen LogP contribution >= 0.6 is 0 Å². The van der Waals surface area contributed by atoms with Crippen LogP contribution in [-0.4, -0.2) is 76.5 Å². The molecule has 1 saturated heterocycles. The molecule has 7 heteroatoms. The number of carbonyl (C=O) groups excluding carboxylic acids is 1. The lowest BCUT2D eigenvalue weighted by molar-refractivity contribution is -0.147. The smallest absolute Gasteiger partial charge is 0.328 e. The minimum Gasteiger partial charge on any atom is -0.480 e. The number of ether oxygens (including phenoxy) is 1. The number of carboxylic acids is 1. The average Bonchev–Trinajstić information content (AvgIpc) is 2.34. The molecule has 2 amide bonds. The lowest BCUT2D eigenvalue weighted by atomic mass is 10.1. The number of aliphatic carboxylic acids is 1. The summed E-state index contributed by atoms with van der Waals surface area (Å²) in [5.74, 6) is -1.08. The van der Waals surface area contributed by atoms with Crippen LogP contribution in [0.2, 0.25) is 0 Å². The molecular weight excluding hydrogens is 252 g/mol. The van der Waals surface area contributed by atoms with Gasteiger partial charge in [0.15, 0.2) is 6.04 Å². The van der Waals surface area contributed by atoms with Gasteiger partial charge in [0, 0.05) is 13.1 Å². The van der Waals surface area contributed by atoms with Crippen LogP contribution in [0.5, 0.6) is 0 Å². The molecule has 1 heterocycles. The third-order valence-corrected chi connectivity index (χ3v) is 2.89. The van der Waals surface area contributed by atoms with E-state index in [1.807, 2.05) is 0 Å². The lowest BCUT2D eigenvalue weighted by Crippen LogP contribution is -2.58. The molecule has 0 spiro atoms. The first-order chi connectivity index (χ1) is 8.76. The fourth-order valence-corrected chi connectivity index (χ4v) is 2.00. The van der Waals surface area contributed by atoms with Crippen molar-refractivity contribution < 1.29 is 24.5 Å². The second kappa shape index (κ2) is 6.21. The van der Waals surface area contributed by atoms with E-state index in [1.165, 1.54) is 9.80 Å². The van der Waals surface area contributed by atoms with Crippen molar-refractivity contribution in [1.82, 2.24) is 9.80 Å². The van der Waals surface area contributed by atoms with Crippen molar-refractivity contribution in [2.24, 2.45) is 0 Å². The van der Waals surface area contributed by atoms with Crippen LogP contribution in [-0.2, 0) is 9.53 Å². The van der Waals surface area contributed by atoms with Gasteiger partial charge in [-0.05, 0) is 20.8 Å². The normalized spacial score (nSPS) is 20.2. The van der Waals surface area contributed by atoms with E-state index in [0.29, 0.717) is 13.2 Å². The molecule has 1 fully saturated rings. The number of likely N-dealkylation sites (N-methyl/N-ethyl adjacent to an activating group) is 1. The molecule has 1 aliphatic heterocycles. The summed E-state index contributed by atoms with van der Waals surface area (Å²) in [6, 6.07) is -1.34. The molecule has 0 aliphatic carbocycles. The maximum Gasteiger partial charge on any atom is 0.328 e. The fraction of sp³-hybridized carbons (Fsp3) is 0.833. The lowest BCUT2D eigenvalue weighted by Gasteiger charge is -2.38. The largest absolute Gasteiger partial charge is 0.480 e. The summed E-state index contributed by atoms with van der Waals surface area (Å²) in [6.45, 7) is 6.15. The SMILES string of the molecule is CCN(CC(C)(C)O)C(=O)N1CCOCC1C(=O)O. The summed E-state index contributed by atoms with van der Waals surface area (Å²) < 4.78 is 5.10. The molecule has 7 nitrogen and oxygen atoms in total. The molecule has 2 N–H and O–H groups in total. The zero-order valence-corrected chi connectivity index (χ0v) is 11.6. The fourth-order valence-electron chi connectivity index (χ4n) is 2.00. The van der Waals surface area contributed by atoms with Gasteiger partial charge in [0.05, 0.1) is 25.4 Å². The standard InChI is InChI=1S/C12H22N2O5/c1-4-13(8-12(2,3)18)11(17)14-5-6-19-7-9(14)10(15)16/h9,18H,4-8H2,1-3H3,(H,15,16). The van der Waals surface area contributed by atoms with E-state index in [0.717, 1.165) is 0 Å². The minimum absolute atomic E-state index is 0.00114. The van der Waals surface area contributed by atoms with Crippen molar-refractivity contribution in [2.75, 3.05) is 32.8 Å². The molecule has 1 rings (SSSR count). The van der Waals surface area contributed by atoms with Gasteiger partial charge in [-0.15, -0.1) is 0 Å². The number of nitrogens with zero attached hydrogens (tertiary/aromatic N) is 2. The number of hydrogen-bond donors (Lipinski definition) is 2. The van der Waals surface area contributed by atoms with Gasteiger partial charge in [-0.2, -0.15) is 0 Å². The Labute approximate surface area is 112 Å². The Bertz CT molecular complexity index is 340. The number of rotatable bonds is 4. The number of morpholine rings is 1. The Morgan fingerprint density at radius 2 is 2.11 bits per heavy atom. The molecule has 1 atom stereocenters. The molecule has 0 bridgehead atoms. The van der Waals surface area contributed by atoms with Crippen molar-refractivity contribution in [3.05, 3.63) is 0 Å². The maximum absolute atomic E-state index is 12.3. The number of carbonyl (C=O) groups is 2. The first-order valence-corrected chi connectivity index (χ1v) is 6.34. The van der Waals surface area contributed by atoms with Crippen LogP contribution in [0.4, 0.5) is 4.79 Å². The van der Waals surface area contributed by atoms with Gasteiger partial charge in [-0.1, -0.05) is 0 Å². The highest BCUT2D eigenvalue weighted by Crippen LogP contribution is 2.13. The number of amides is 2. The van der Waals surface area contributed by atoms with Gasteiger partial charge in [-0.25, -0.2) is 9.59 Å². The number of urea groups is 1. The van der Waals surface area contributed by atoms with E-state index in [1.54, 1.807) is 20.8 Å². The van der Waals surface area contributed by atoms with Gasteiger partial charge >= 0.3 is 12.0 Å². The zero-order valence-electron chi connectivity index (χ0n) is 11.6. The van der Waals surface area contributed by atoms with E-state index in [9.17, 15) is 14.7 Å². The summed E-state index contributed by atoms with van der Waals surface area (Å²) in [5.41, 5.74) is -1.02. The van der Waals surface area contributed by atoms with Crippen LogP contribution in [0.3, 0.4) is 0 Å². The molecule has 0 saturated carbocycles. The van der Waals surface area contributed by atoms with Crippen molar-refractivity contribution in [3.8, 4) is 0 Å². The van der Waals surface area contributed by atoms with Gasteiger partial charge in [0.1, 0.15) is 0 Å². The molecule has 0 aromatic carbocycles. The van der Waals surface area contributed by atoms with Crippen LogP contribution in [0.25, 0.3) is 0 Å². The topological polar surface area (TPSA) is 90.3 Å². The molecule has 1 aliphatic rings. The Morgan fingerprint density at radius 3 is 2.58 bits per heavy atom. The van der Waals surface area contributed by atoms with Crippen LogP contribution in [0.15, 0.2) is 0 Å². The van der Waals surface area contributed by atoms with Crippen LogP contribution in [0, 0.1) is 0 Å². The minimum atomic E-state index is -1.08. The summed E-state index contributed by atoms with van der Waals surface area (Å²) in [7, 11) is 0. The second-order valence-corrected chi connectivity index (χ2v) is 5.23. The highest BCUT2D eigenvalue weighted by atomic mass is 16.5. The first-order valence-electron chi connectivity index (χ1n) is 6.34. The number of carboxylic acid groups (broad SMARTS) is 1. The summed E-state index contributed by atoms with van der Waals surface area (Å²) >= 11 is 0. The molecule has 0 aromatic rings. The summed E-state index contributed by atoms with van der Waals surface area (Å²) in [5, 5.41) is 18.9. The first kappa shape index (κ1) is 15.7. The van der Waals surface area contributed by atoms with Crippen LogP contribution in [0.1, 0.15) is 20.8 Å². The van der Waals surface area contributed by atoms with Gasteiger partial charge in [0.25, 0.3) is 0 Å². The Hall–Kier alpha value is -1.34. The van der Waals surface area contributed by atoms with Crippen molar-refractivity contribution >= 4 is 12.0 Å². The van der Waals surface area contributed by atoms with Crippen molar-refractivity contribution in [3.63, 3.8) is 0 Å². The van der Waals surface area contributed by atoms with Gasteiger partial charge < -0.3 is 24.7 Å². The third-order valence-electron chi connectivity index (χ3n) is 2.89. The maximum atomic E-state index is 12.3. The van der Waals surface area contributed by atoms with E-state index < -0.39 is 17.6 Å². The zero-order chi connectivity index (χ0) is 14.6. The monoisotopic (exact) mass is 274 g/mol. The highest BCUT2D eigenvalue weighted by molar-refractivity contribution is 5.83. The molecular formula is C12H22N2O5. The Kier molecular flexibility index (Phi) is 5.13.